The number of nitrogens with one attached hydrogen (secondary N) is 1. The predicted octanol–water partition coefficient (Wildman–Crippen LogP) is 0.532. The first-order chi connectivity index (χ1) is 8.49. The first-order valence-electron chi connectivity index (χ1n) is 5.45. The Morgan fingerprint density at radius 2 is 2.00 bits per heavy atom. The normalized spacial score (nSPS) is 16.7. The van der Waals surface area contributed by atoms with Gasteiger partial charge in [-0.15, -0.1) is 0 Å². The van der Waals surface area contributed by atoms with Crippen LogP contribution >= 0.6 is 0 Å². The van der Waals surface area contributed by atoms with Gasteiger partial charge in [-0.25, -0.2) is 4.79 Å². The van der Waals surface area contributed by atoms with E-state index in [0.717, 1.165) is 19.0 Å². The van der Waals surface area contributed by atoms with Gasteiger partial charge >= 0.3 is 16.2 Å². The fraction of sp³-hybridized carbons (Fsp3) is 0.400. The number of pyridine rings is 1. The zero-order valence-electron chi connectivity index (χ0n) is 9.54. The molecule has 1 aromatic heterocycles. The molecule has 2 rings (SSSR count). The second-order valence-electron chi connectivity index (χ2n) is 3.98. The Labute approximate surface area is 105 Å². The van der Waals surface area contributed by atoms with Crippen molar-refractivity contribution in [2.24, 2.45) is 0 Å². The van der Waals surface area contributed by atoms with Crippen LogP contribution in [-0.2, 0) is 10.2 Å². The summed E-state index contributed by atoms with van der Waals surface area (Å²) in [6.07, 6.45) is 4.12. The zero-order valence-corrected chi connectivity index (χ0v) is 10.4. The Morgan fingerprint density at radius 3 is 2.61 bits per heavy atom. The van der Waals surface area contributed by atoms with Gasteiger partial charge in [0.05, 0.1) is 17.4 Å². The summed E-state index contributed by atoms with van der Waals surface area (Å²) in [6, 6.07) is 1.24. The van der Waals surface area contributed by atoms with Crippen LogP contribution in [0.4, 0.5) is 5.69 Å². The molecule has 0 amide bonds. The Bertz CT molecular complexity index is 552. The number of rotatable bonds is 4. The summed E-state index contributed by atoms with van der Waals surface area (Å²) in [5, 5.41) is 8.79. The van der Waals surface area contributed by atoms with Gasteiger partial charge in [0.25, 0.3) is 0 Å². The van der Waals surface area contributed by atoms with E-state index in [2.05, 4.69) is 9.71 Å². The minimum absolute atomic E-state index is 0.0587. The predicted molar refractivity (Wildman–Crippen MR) is 64.5 cm³/mol. The lowest BCUT2D eigenvalue weighted by atomic mass is 10.3. The van der Waals surface area contributed by atoms with E-state index in [9.17, 15) is 13.2 Å². The number of anilines is 1. The molecule has 0 radical (unpaired) electrons. The van der Waals surface area contributed by atoms with Crippen molar-refractivity contribution < 1.29 is 18.3 Å². The molecular formula is C10H13N3O4S. The van der Waals surface area contributed by atoms with Crippen molar-refractivity contribution in [3.05, 3.63) is 24.0 Å². The van der Waals surface area contributed by atoms with Crippen LogP contribution in [0.3, 0.4) is 0 Å². The van der Waals surface area contributed by atoms with Crippen LogP contribution in [0.15, 0.2) is 18.5 Å². The maximum atomic E-state index is 11.9. The van der Waals surface area contributed by atoms with E-state index in [1.807, 2.05) is 0 Å². The summed E-state index contributed by atoms with van der Waals surface area (Å²) in [6.45, 7) is 0.975. The van der Waals surface area contributed by atoms with Crippen molar-refractivity contribution in [1.82, 2.24) is 9.29 Å². The van der Waals surface area contributed by atoms with Crippen LogP contribution in [0.5, 0.6) is 0 Å². The third-order valence-corrected chi connectivity index (χ3v) is 4.18. The zero-order chi connectivity index (χ0) is 13.2. The average molecular weight is 271 g/mol. The lowest BCUT2D eigenvalue weighted by Gasteiger charge is -2.16. The first kappa shape index (κ1) is 12.8. The van der Waals surface area contributed by atoms with Gasteiger partial charge in [-0.2, -0.15) is 12.7 Å². The molecule has 7 nitrogen and oxygen atoms in total. The summed E-state index contributed by atoms with van der Waals surface area (Å²) in [5.74, 6) is -1.15. The van der Waals surface area contributed by atoms with Gasteiger partial charge in [0.1, 0.15) is 0 Å². The van der Waals surface area contributed by atoms with E-state index in [1.165, 1.54) is 16.6 Å². The summed E-state index contributed by atoms with van der Waals surface area (Å²) in [7, 11) is -3.61. The molecule has 0 spiro atoms. The Kier molecular flexibility index (Phi) is 3.48. The molecule has 2 heterocycles. The highest BCUT2D eigenvalue weighted by atomic mass is 32.2. The molecule has 18 heavy (non-hydrogen) atoms. The molecule has 0 saturated carbocycles. The van der Waals surface area contributed by atoms with Crippen LogP contribution in [-0.4, -0.2) is 41.9 Å². The van der Waals surface area contributed by atoms with Crippen molar-refractivity contribution in [3.8, 4) is 0 Å². The van der Waals surface area contributed by atoms with Gasteiger partial charge in [0, 0.05) is 19.3 Å². The van der Waals surface area contributed by atoms with Crippen molar-refractivity contribution in [1.29, 1.82) is 0 Å². The van der Waals surface area contributed by atoms with Crippen molar-refractivity contribution in [3.63, 3.8) is 0 Å². The molecule has 1 aromatic rings. The van der Waals surface area contributed by atoms with Crippen LogP contribution in [0, 0.1) is 0 Å². The second kappa shape index (κ2) is 4.91. The summed E-state index contributed by atoms with van der Waals surface area (Å²) in [4.78, 5) is 14.4. The molecule has 1 aliphatic rings. The number of carboxylic acids is 1. The number of hydrogen-bond acceptors (Lipinski definition) is 4. The minimum Gasteiger partial charge on any atom is -0.478 e. The topological polar surface area (TPSA) is 99.6 Å². The molecule has 2 N–H and O–H groups in total. The molecule has 0 atom stereocenters. The first-order valence-corrected chi connectivity index (χ1v) is 6.89. The smallest absolute Gasteiger partial charge is 0.337 e. The molecule has 1 saturated heterocycles. The average Bonchev–Trinajstić information content (AvgIpc) is 2.82. The van der Waals surface area contributed by atoms with E-state index in [1.54, 1.807) is 0 Å². The van der Waals surface area contributed by atoms with Crippen LogP contribution < -0.4 is 4.72 Å². The van der Waals surface area contributed by atoms with E-state index in [0.29, 0.717) is 13.1 Å². The maximum absolute atomic E-state index is 11.9. The summed E-state index contributed by atoms with van der Waals surface area (Å²) < 4.78 is 27.5. The highest BCUT2D eigenvalue weighted by Crippen LogP contribution is 2.16. The molecule has 0 bridgehead atoms. The van der Waals surface area contributed by atoms with E-state index in [4.69, 9.17) is 5.11 Å². The molecule has 98 valence electrons. The van der Waals surface area contributed by atoms with E-state index >= 15 is 0 Å². The molecule has 1 aliphatic heterocycles. The summed E-state index contributed by atoms with van der Waals surface area (Å²) >= 11 is 0. The van der Waals surface area contributed by atoms with Gasteiger partial charge in [-0.1, -0.05) is 0 Å². The molecule has 0 aromatic carbocycles. The monoisotopic (exact) mass is 271 g/mol. The van der Waals surface area contributed by atoms with Gasteiger partial charge < -0.3 is 5.11 Å². The molecule has 0 unspecified atom stereocenters. The fourth-order valence-corrected chi connectivity index (χ4v) is 3.03. The number of hydrogen-bond donors (Lipinski definition) is 2. The van der Waals surface area contributed by atoms with Crippen molar-refractivity contribution in [2.45, 2.75) is 12.8 Å². The fourth-order valence-electron chi connectivity index (χ4n) is 1.75. The third-order valence-electron chi connectivity index (χ3n) is 2.64. The van der Waals surface area contributed by atoms with Crippen LogP contribution in [0.2, 0.25) is 0 Å². The van der Waals surface area contributed by atoms with Crippen molar-refractivity contribution >= 4 is 21.9 Å². The Morgan fingerprint density at radius 1 is 1.33 bits per heavy atom. The van der Waals surface area contributed by atoms with E-state index < -0.39 is 16.2 Å². The van der Waals surface area contributed by atoms with Crippen LogP contribution in [0.1, 0.15) is 23.2 Å². The minimum atomic E-state index is -3.61. The lowest BCUT2D eigenvalue weighted by molar-refractivity contribution is 0.0696. The Hall–Kier alpha value is -1.67. The van der Waals surface area contributed by atoms with Gasteiger partial charge in [0.2, 0.25) is 0 Å². The molecule has 8 heteroatoms. The molecule has 1 fully saturated rings. The van der Waals surface area contributed by atoms with Gasteiger partial charge in [-0.05, 0) is 18.9 Å². The third kappa shape index (κ3) is 2.77. The highest BCUT2D eigenvalue weighted by molar-refractivity contribution is 7.90. The second-order valence-corrected chi connectivity index (χ2v) is 5.65. The standard InChI is InChI=1S/C10H13N3O4S/c14-10(15)8-5-9(7-11-6-8)12-18(16,17)13-3-1-2-4-13/h5-7,12H,1-4H2,(H,14,15). The largest absolute Gasteiger partial charge is 0.478 e. The number of carbonyl (C=O) groups is 1. The van der Waals surface area contributed by atoms with Gasteiger partial charge in [-0.3, -0.25) is 9.71 Å². The summed E-state index contributed by atoms with van der Waals surface area (Å²) in [5.41, 5.74) is 0.0958. The van der Waals surface area contributed by atoms with Crippen LogP contribution in [0.25, 0.3) is 0 Å². The Balaban J connectivity index is 2.18. The van der Waals surface area contributed by atoms with Gasteiger partial charge in [0.15, 0.2) is 0 Å². The maximum Gasteiger partial charge on any atom is 0.337 e. The number of nitrogens with zero attached hydrogens (tertiary/aromatic N) is 2. The quantitative estimate of drug-likeness (QED) is 0.832. The lowest BCUT2D eigenvalue weighted by Crippen LogP contribution is -2.33. The molecular weight excluding hydrogens is 258 g/mol. The number of aromatic carboxylic acids is 1. The highest BCUT2D eigenvalue weighted by Gasteiger charge is 2.25. The molecule has 0 aliphatic carbocycles. The number of carboxylic acid groups (broad SMARTS) is 1. The SMILES string of the molecule is O=C(O)c1cncc(NS(=O)(=O)N2CCCC2)c1. The van der Waals surface area contributed by atoms with E-state index in [-0.39, 0.29) is 11.3 Å². The van der Waals surface area contributed by atoms with Crippen molar-refractivity contribution in [2.75, 3.05) is 17.8 Å². The number of aromatic nitrogens is 1.